The van der Waals surface area contributed by atoms with E-state index in [0.717, 1.165) is 24.0 Å². The second-order valence-corrected chi connectivity index (χ2v) is 5.98. The van der Waals surface area contributed by atoms with Gasteiger partial charge in [-0.05, 0) is 30.1 Å². The number of Topliss-reactive ketones (excluding diaryl/α,β-unsaturated/α-hetero) is 1. The summed E-state index contributed by atoms with van der Waals surface area (Å²) in [5.74, 6) is 1.45. The zero-order valence-electron chi connectivity index (χ0n) is 13.8. The number of ketones is 1. The van der Waals surface area contributed by atoms with Gasteiger partial charge in [0.2, 0.25) is 11.7 Å². The van der Waals surface area contributed by atoms with Crippen molar-refractivity contribution in [2.75, 3.05) is 21.3 Å². The summed E-state index contributed by atoms with van der Waals surface area (Å²) in [6.07, 6.45) is 3.63. The Balaban J connectivity index is 2.01. The van der Waals surface area contributed by atoms with Crippen LogP contribution in [0.15, 0.2) is 34.5 Å². The van der Waals surface area contributed by atoms with Gasteiger partial charge >= 0.3 is 0 Å². The molecule has 124 valence electrons. The average molecular weight is 319 g/mol. The largest absolute Gasteiger partial charge is 0.495 e. The number of hydrogen-bond acceptors (Lipinski definition) is 5. The number of carbonyl (C=O) groups excluding carboxylic acids is 2. The van der Waals surface area contributed by atoms with E-state index >= 15 is 0 Å². The lowest BCUT2D eigenvalue weighted by Gasteiger charge is -2.27. The van der Waals surface area contributed by atoms with Gasteiger partial charge in [0.05, 0.1) is 21.3 Å². The predicted molar refractivity (Wildman–Crippen MR) is 82.1 cm³/mol. The van der Waals surface area contributed by atoms with Crippen LogP contribution in [0.25, 0.3) is 0 Å². The fourth-order valence-corrected chi connectivity index (χ4v) is 3.85. The number of methoxy groups -OCH3 is 3. The van der Waals surface area contributed by atoms with Gasteiger partial charge in [-0.1, -0.05) is 0 Å². The zero-order chi connectivity index (χ0) is 16.8. The van der Waals surface area contributed by atoms with Crippen LogP contribution >= 0.6 is 0 Å². The molecule has 0 aromatic rings. The highest BCUT2D eigenvalue weighted by molar-refractivity contribution is 6.03. The highest BCUT2D eigenvalue weighted by Crippen LogP contribution is 2.66. The number of allylic oxidation sites excluding steroid dienone is 2. The number of ether oxygens (including phenoxy) is 3. The van der Waals surface area contributed by atoms with E-state index in [4.69, 9.17) is 14.2 Å². The second-order valence-electron chi connectivity index (χ2n) is 5.98. The molecule has 2 atom stereocenters. The maximum atomic E-state index is 13.0. The van der Waals surface area contributed by atoms with E-state index in [0.29, 0.717) is 17.3 Å². The first-order chi connectivity index (χ1) is 11.0. The van der Waals surface area contributed by atoms with E-state index in [9.17, 15) is 9.59 Å². The molecule has 6 heteroatoms. The summed E-state index contributed by atoms with van der Waals surface area (Å²) < 4.78 is 16.4. The van der Waals surface area contributed by atoms with Crippen LogP contribution in [0.5, 0.6) is 0 Å². The van der Waals surface area contributed by atoms with Crippen LogP contribution in [0.4, 0.5) is 0 Å². The molecule has 0 saturated heterocycles. The molecule has 0 aromatic heterocycles. The molecule has 1 saturated carbocycles. The summed E-state index contributed by atoms with van der Waals surface area (Å²) in [4.78, 5) is 24.3. The molecule has 3 aliphatic rings. The van der Waals surface area contributed by atoms with Gasteiger partial charge in [0.15, 0.2) is 17.3 Å². The Labute approximate surface area is 135 Å². The summed E-state index contributed by atoms with van der Waals surface area (Å²) in [7, 11) is 4.64. The van der Waals surface area contributed by atoms with Gasteiger partial charge in [-0.25, -0.2) is 0 Å². The van der Waals surface area contributed by atoms with Gasteiger partial charge in [-0.15, -0.1) is 0 Å². The molecule has 23 heavy (non-hydrogen) atoms. The molecule has 1 amide bonds. The monoisotopic (exact) mass is 319 g/mol. The van der Waals surface area contributed by atoms with E-state index in [-0.39, 0.29) is 24.2 Å². The lowest BCUT2D eigenvalue weighted by Crippen LogP contribution is -2.37. The van der Waals surface area contributed by atoms with Crippen LogP contribution in [-0.4, -0.2) is 39.1 Å². The zero-order valence-corrected chi connectivity index (χ0v) is 13.8. The van der Waals surface area contributed by atoms with E-state index in [1.54, 1.807) is 14.2 Å². The van der Waals surface area contributed by atoms with E-state index in [1.165, 1.54) is 14.0 Å². The summed E-state index contributed by atoms with van der Waals surface area (Å²) >= 11 is 0. The minimum Gasteiger partial charge on any atom is -0.495 e. The third-order valence-electron chi connectivity index (χ3n) is 4.79. The van der Waals surface area contributed by atoms with Crippen molar-refractivity contribution < 1.29 is 23.8 Å². The molecule has 1 fully saturated rings. The molecule has 0 bridgehead atoms. The maximum Gasteiger partial charge on any atom is 0.217 e. The first-order valence-corrected chi connectivity index (χ1v) is 7.63. The molecular formula is C17H21NO5. The average Bonchev–Trinajstić information content (AvgIpc) is 3.19. The van der Waals surface area contributed by atoms with Gasteiger partial charge in [0.25, 0.3) is 0 Å². The third kappa shape index (κ3) is 2.08. The Morgan fingerprint density at radius 1 is 1.26 bits per heavy atom. The van der Waals surface area contributed by atoms with Crippen molar-refractivity contribution in [2.45, 2.75) is 32.2 Å². The Bertz CT molecular complexity index is 672. The topological polar surface area (TPSA) is 73.9 Å². The molecule has 3 aliphatic carbocycles. The molecule has 0 heterocycles. The molecular weight excluding hydrogens is 298 g/mol. The van der Waals surface area contributed by atoms with Crippen LogP contribution < -0.4 is 5.32 Å². The number of hydrogen-bond donors (Lipinski definition) is 1. The standard InChI is InChI=1S/C17H21NO5/c1-9(19)18-10-5-6-11-12-8-13(21-2)15(22-3)16(23-4)17(11,12)14(20)7-10/h8,10H,5-7H2,1-4H3,(H,18,19). The van der Waals surface area contributed by atoms with Crippen molar-refractivity contribution >= 4 is 11.7 Å². The van der Waals surface area contributed by atoms with Crippen molar-refractivity contribution in [1.82, 2.24) is 5.32 Å². The van der Waals surface area contributed by atoms with Crippen molar-refractivity contribution in [3.05, 3.63) is 34.5 Å². The molecule has 0 aromatic carbocycles. The van der Waals surface area contributed by atoms with Crippen LogP contribution in [0.3, 0.4) is 0 Å². The Morgan fingerprint density at radius 2 is 2.00 bits per heavy atom. The number of carbonyl (C=O) groups is 2. The van der Waals surface area contributed by atoms with Crippen molar-refractivity contribution in [2.24, 2.45) is 5.41 Å². The first-order valence-electron chi connectivity index (χ1n) is 7.63. The molecule has 3 rings (SSSR count). The fourth-order valence-electron chi connectivity index (χ4n) is 3.85. The lowest BCUT2D eigenvalue weighted by molar-refractivity contribution is -0.124. The Hall–Kier alpha value is -2.24. The number of amides is 1. The van der Waals surface area contributed by atoms with Gasteiger partial charge in [0, 0.05) is 19.4 Å². The fraction of sp³-hybridized carbons (Fsp3) is 0.529. The van der Waals surface area contributed by atoms with Crippen molar-refractivity contribution in [3.63, 3.8) is 0 Å². The van der Waals surface area contributed by atoms with Crippen molar-refractivity contribution in [3.8, 4) is 0 Å². The summed E-state index contributed by atoms with van der Waals surface area (Å²) in [6, 6.07) is -0.132. The lowest BCUT2D eigenvalue weighted by atomic mass is 9.84. The highest BCUT2D eigenvalue weighted by Gasteiger charge is 2.65. The molecule has 0 radical (unpaired) electrons. The van der Waals surface area contributed by atoms with E-state index < -0.39 is 5.41 Å². The molecule has 2 unspecified atom stereocenters. The Kier molecular flexibility index (Phi) is 3.70. The van der Waals surface area contributed by atoms with Crippen LogP contribution in [-0.2, 0) is 23.8 Å². The van der Waals surface area contributed by atoms with Gasteiger partial charge < -0.3 is 19.5 Å². The van der Waals surface area contributed by atoms with Gasteiger partial charge in [-0.3, -0.25) is 9.59 Å². The molecule has 6 nitrogen and oxygen atoms in total. The van der Waals surface area contributed by atoms with E-state index in [2.05, 4.69) is 5.32 Å². The number of nitrogens with one attached hydrogen (secondary N) is 1. The van der Waals surface area contributed by atoms with Crippen molar-refractivity contribution in [1.29, 1.82) is 0 Å². The minimum absolute atomic E-state index is 0.0385. The first kappa shape index (κ1) is 15.6. The molecule has 0 aliphatic heterocycles. The summed E-state index contributed by atoms with van der Waals surface area (Å²) in [5.41, 5.74) is 1.20. The SMILES string of the molecule is COC1=CC2=C3CCC(NC(C)=O)CC(=O)C23C(OC)=C1OC. The molecule has 1 N–H and O–H groups in total. The molecule has 1 spiro atoms. The number of rotatable bonds is 4. The third-order valence-corrected chi connectivity index (χ3v) is 4.79. The van der Waals surface area contributed by atoms with Gasteiger partial charge in [0.1, 0.15) is 5.41 Å². The van der Waals surface area contributed by atoms with Crippen LogP contribution in [0, 0.1) is 5.41 Å². The maximum absolute atomic E-state index is 13.0. The van der Waals surface area contributed by atoms with E-state index in [1.807, 2.05) is 6.08 Å². The predicted octanol–water partition coefficient (Wildman–Crippen LogP) is 1.59. The second kappa shape index (κ2) is 5.44. The summed E-state index contributed by atoms with van der Waals surface area (Å²) in [5, 5.41) is 2.85. The highest BCUT2D eigenvalue weighted by atomic mass is 16.5. The summed E-state index contributed by atoms with van der Waals surface area (Å²) in [6.45, 7) is 1.47. The quantitative estimate of drug-likeness (QED) is 0.852. The smallest absolute Gasteiger partial charge is 0.217 e. The van der Waals surface area contributed by atoms with Crippen LogP contribution in [0.2, 0.25) is 0 Å². The normalized spacial score (nSPS) is 29.1. The van der Waals surface area contributed by atoms with Gasteiger partial charge in [-0.2, -0.15) is 0 Å². The Morgan fingerprint density at radius 3 is 2.57 bits per heavy atom. The minimum atomic E-state index is -0.810. The van der Waals surface area contributed by atoms with Crippen LogP contribution in [0.1, 0.15) is 26.2 Å².